The number of morpholine rings is 1. The molecule has 9 heteroatoms. The van der Waals surface area contributed by atoms with Crippen LogP contribution in [0.5, 0.6) is 5.75 Å². The molecule has 3 aromatic carbocycles. The van der Waals surface area contributed by atoms with Gasteiger partial charge in [0.2, 0.25) is 5.91 Å². The zero-order valence-electron chi connectivity index (χ0n) is 25.1. The molecule has 232 valence electrons. The third-order valence-corrected chi connectivity index (χ3v) is 8.07. The summed E-state index contributed by atoms with van der Waals surface area (Å²) in [5.74, 6) is -2.09. The van der Waals surface area contributed by atoms with Crippen molar-refractivity contribution in [1.82, 2.24) is 10.2 Å². The van der Waals surface area contributed by atoms with E-state index in [-0.39, 0.29) is 18.0 Å². The van der Waals surface area contributed by atoms with Crippen LogP contribution in [0.2, 0.25) is 0 Å². The van der Waals surface area contributed by atoms with Crippen molar-refractivity contribution in [2.75, 3.05) is 50.9 Å². The van der Waals surface area contributed by atoms with Gasteiger partial charge >= 0.3 is 0 Å². The molecule has 0 saturated carbocycles. The van der Waals surface area contributed by atoms with E-state index >= 15 is 0 Å². The van der Waals surface area contributed by atoms with Crippen molar-refractivity contribution in [3.63, 3.8) is 0 Å². The Hall–Kier alpha value is -4.08. The summed E-state index contributed by atoms with van der Waals surface area (Å²) in [6.45, 7) is 6.10. The summed E-state index contributed by atoms with van der Waals surface area (Å²) in [7, 11) is 0. The molecule has 0 aromatic heterocycles. The van der Waals surface area contributed by atoms with Gasteiger partial charge in [0.1, 0.15) is 12.4 Å². The number of amides is 2. The van der Waals surface area contributed by atoms with Gasteiger partial charge < -0.3 is 19.7 Å². The molecular weight excluding hydrogens is 564 g/mol. The maximum atomic E-state index is 14.2. The number of rotatable bonds is 11. The molecule has 2 amide bonds. The van der Waals surface area contributed by atoms with Crippen molar-refractivity contribution >= 4 is 17.5 Å². The van der Waals surface area contributed by atoms with E-state index in [1.165, 1.54) is 13.0 Å². The molecule has 1 heterocycles. The van der Waals surface area contributed by atoms with Crippen molar-refractivity contribution in [2.24, 2.45) is 0 Å². The summed E-state index contributed by atoms with van der Waals surface area (Å²) in [6, 6.07) is 20.4. The second-order valence-corrected chi connectivity index (χ2v) is 11.5. The molecule has 1 fully saturated rings. The molecule has 1 saturated heterocycles. The molecule has 1 N–H and O–H groups in total. The molecule has 0 radical (unpaired) electrons. The Morgan fingerprint density at radius 2 is 1.80 bits per heavy atom. The van der Waals surface area contributed by atoms with Crippen LogP contribution in [0.25, 0.3) is 0 Å². The lowest BCUT2D eigenvalue weighted by Gasteiger charge is -2.37. The first-order chi connectivity index (χ1) is 21.3. The van der Waals surface area contributed by atoms with Crippen LogP contribution >= 0.6 is 0 Å². The molecule has 1 unspecified atom stereocenters. The summed E-state index contributed by atoms with van der Waals surface area (Å²) >= 11 is 0. The molecular formula is C35H39F2N3O4. The summed E-state index contributed by atoms with van der Waals surface area (Å²) in [5.41, 5.74) is 2.06. The number of carbonyl (C=O) groups is 2. The molecule has 3 aromatic rings. The van der Waals surface area contributed by atoms with E-state index in [4.69, 9.17) is 9.47 Å². The number of hydrogen-bond donors (Lipinski definition) is 1. The van der Waals surface area contributed by atoms with Crippen LogP contribution in [0.3, 0.4) is 0 Å². The first-order valence-electron chi connectivity index (χ1n) is 15.1. The Labute approximate surface area is 257 Å². The number of ether oxygens (including phenoxy) is 2. The number of hydrogen-bond acceptors (Lipinski definition) is 5. The standard InChI is InChI=1S/C35H39F2N3O4/c1-26(41)38-35(23-27-7-3-2-4-8-27)14-6-9-28(24-35)25-40(34(42)29-12-13-32(36)33(37)21-29)30-10-5-11-31(22-30)44-20-17-39-15-18-43-19-16-39/h2-5,7-8,10-13,21-22,24H,6,9,14-20,23,25H2,1H3,(H,38,41). The summed E-state index contributed by atoms with van der Waals surface area (Å²) in [4.78, 5) is 30.1. The fourth-order valence-electron chi connectivity index (χ4n) is 6.01. The summed E-state index contributed by atoms with van der Waals surface area (Å²) in [6.07, 6.45) is 5.00. The lowest BCUT2D eigenvalue weighted by molar-refractivity contribution is -0.120. The van der Waals surface area contributed by atoms with E-state index < -0.39 is 23.1 Å². The monoisotopic (exact) mass is 603 g/mol. The van der Waals surface area contributed by atoms with E-state index in [1.54, 1.807) is 17.0 Å². The van der Waals surface area contributed by atoms with Crippen LogP contribution in [-0.4, -0.2) is 68.3 Å². The first-order valence-corrected chi connectivity index (χ1v) is 15.1. The van der Waals surface area contributed by atoms with Gasteiger partial charge in [-0.15, -0.1) is 0 Å². The van der Waals surface area contributed by atoms with Crippen molar-refractivity contribution in [1.29, 1.82) is 0 Å². The second-order valence-electron chi connectivity index (χ2n) is 11.5. The average Bonchev–Trinajstić information content (AvgIpc) is 3.02. The van der Waals surface area contributed by atoms with Gasteiger partial charge in [0.05, 0.1) is 18.8 Å². The quantitative estimate of drug-likeness (QED) is 0.291. The van der Waals surface area contributed by atoms with Crippen molar-refractivity contribution < 1.29 is 27.8 Å². The van der Waals surface area contributed by atoms with Crippen LogP contribution in [0.1, 0.15) is 42.1 Å². The minimum Gasteiger partial charge on any atom is -0.492 e. The highest BCUT2D eigenvalue weighted by molar-refractivity contribution is 6.06. The molecule has 44 heavy (non-hydrogen) atoms. The zero-order chi connectivity index (χ0) is 30.9. The molecule has 0 spiro atoms. The van der Waals surface area contributed by atoms with Crippen molar-refractivity contribution in [3.8, 4) is 5.75 Å². The lowest BCUT2D eigenvalue weighted by Crippen LogP contribution is -2.50. The minimum atomic E-state index is -1.08. The zero-order valence-corrected chi connectivity index (χ0v) is 25.1. The smallest absolute Gasteiger partial charge is 0.258 e. The van der Waals surface area contributed by atoms with Crippen LogP contribution in [0, 0.1) is 11.6 Å². The summed E-state index contributed by atoms with van der Waals surface area (Å²) in [5, 5.41) is 3.18. The fourth-order valence-corrected chi connectivity index (χ4v) is 6.01. The van der Waals surface area contributed by atoms with Gasteiger partial charge in [0.15, 0.2) is 11.6 Å². The van der Waals surface area contributed by atoms with E-state index in [0.717, 1.165) is 62.2 Å². The minimum absolute atomic E-state index is 0.0383. The number of carbonyl (C=O) groups excluding carboxylic acids is 2. The first kappa shape index (κ1) is 31.3. The molecule has 7 nitrogen and oxygen atoms in total. The molecule has 2 aliphatic rings. The van der Waals surface area contributed by atoms with Crippen LogP contribution in [0.4, 0.5) is 14.5 Å². The highest BCUT2D eigenvalue weighted by Gasteiger charge is 2.33. The van der Waals surface area contributed by atoms with Gasteiger partial charge in [0, 0.05) is 50.4 Å². The van der Waals surface area contributed by atoms with Gasteiger partial charge in [0.25, 0.3) is 5.91 Å². The molecule has 0 bridgehead atoms. The average molecular weight is 604 g/mol. The highest BCUT2D eigenvalue weighted by atomic mass is 19.2. The second kappa shape index (κ2) is 14.6. The lowest BCUT2D eigenvalue weighted by atomic mass is 9.79. The van der Waals surface area contributed by atoms with Gasteiger partial charge in [-0.3, -0.25) is 14.5 Å². The molecule has 1 aliphatic heterocycles. The Bertz CT molecular complexity index is 1480. The number of nitrogens with one attached hydrogen (secondary N) is 1. The van der Waals surface area contributed by atoms with E-state index in [9.17, 15) is 18.4 Å². The largest absolute Gasteiger partial charge is 0.492 e. The van der Waals surface area contributed by atoms with Gasteiger partial charge in [-0.1, -0.05) is 48.0 Å². The summed E-state index contributed by atoms with van der Waals surface area (Å²) < 4.78 is 39.5. The van der Waals surface area contributed by atoms with Crippen LogP contribution in [-0.2, 0) is 16.0 Å². The third kappa shape index (κ3) is 8.30. The van der Waals surface area contributed by atoms with Gasteiger partial charge in [-0.25, -0.2) is 8.78 Å². The predicted molar refractivity (Wildman–Crippen MR) is 166 cm³/mol. The Balaban J connectivity index is 1.43. The van der Waals surface area contributed by atoms with E-state index in [0.29, 0.717) is 37.7 Å². The van der Waals surface area contributed by atoms with Crippen LogP contribution in [0.15, 0.2) is 84.4 Å². The molecule has 1 atom stereocenters. The maximum Gasteiger partial charge on any atom is 0.258 e. The Kier molecular flexibility index (Phi) is 10.4. The molecule has 5 rings (SSSR count). The maximum absolute atomic E-state index is 14.2. The Morgan fingerprint density at radius 3 is 2.55 bits per heavy atom. The normalized spacial score (nSPS) is 18.8. The number of halogens is 2. The van der Waals surface area contributed by atoms with E-state index in [1.807, 2.05) is 42.5 Å². The highest BCUT2D eigenvalue weighted by Crippen LogP contribution is 2.32. The SMILES string of the molecule is CC(=O)NC1(Cc2ccccc2)C=C(CN(C(=O)c2ccc(F)c(F)c2)c2cccc(OCCN3CCOCC3)c2)CCC1. The van der Waals surface area contributed by atoms with E-state index in [2.05, 4.69) is 16.3 Å². The predicted octanol–water partition coefficient (Wildman–Crippen LogP) is 5.55. The Morgan fingerprint density at radius 1 is 1.00 bits per heavy atom. The number of benzene rings is 3. The van der Waals surface area contributed by atoms with Gasteiger partial charge in [-0.2, -0.15) is 0 Å². The van der Waals surface area contributed by atoms with Crippen LogP contribution < -0.4 is 15.0 Å². The fraction of sp³-hybridized carbons (Fsp3) is 0.371. The molecule has 1 aliphatic carbocycles. The topological polar surface area (TPSA) is 71.1 Å². The third-order valence-electron chi connectivity index (χ3n) is 8.07. The number of nitrogens with zero attached hydrogens (tertiary/aromatic N) is 2. The van der Waals surface area contributed by atoms with Crippen molar-refractivity contribution in [3.05, 3.63) is 107 Å². The number of anilines is 1. The van der Waals surface area contributed by atoms with Crippen molar-refractivity contribution in [2.45, 2.75) is 38.1 Å². The van der Waals surface area contributed by atoms with Gasteiger partial charge in [-0.05, 0) is 61.6 Å².